The summed E-state index contributed by atoms with van der Waals surface area (Å²) in [6.45, 7) is 118. The lowest BCUT2D eigenvalue weighted by molar-refractivity contribution is 0.502. The number of thiazole rings is 2. The quantitative estimate of drug-likeness (QED) is 0.128. The topological polar surface area (TPSA) is 51.6 Å². The van der Waals surface area contributed by atoms with Gasteiger partial charge in [0.2, 0.25) is 0 Å². The first-order chi connectivity index (χ1) is 61.4. The van der Waals surface area contributed by atoms with Crippen LogP contribution >= 0.6 is 91.1 Å². The minimum atomic E-state index is 0.0721. The van der Waals surface area contributed by atoms with E-state index in [1.165, 1.54) is 120 Å². The highest BCUT2D eigenvalue weighted by Crippen LogP contribution is 2.46. The molecule has 0 unspecified atom stereocenters. The van der Waals surface area contributed by atoms with Crippen molar-refractivity contribution in [1.29, 1.82) is 0 Å². The first kappa shape index (κ1) is 121. The largest absolute Gasteiger partial charge is 0.228 e. The summed E-state index contributed by atoms with van der Waals surface area (Å²) in [6, 6.07) is 49.6. The maximum Gasteiger partial charge on any atom is 0.155 e. The van der Waals surface area contributed by atoms with Gasteiger partial charge in [-0.15, -0.1) is 56.7 Å². The van der Waals surface area contributed by atoms with Gasteiger partial charge in [0, 0.05) is 69.9 Å². The summed E-state index contributed by atoms with van der Waals surface area (Å²) in [5, 5.41) is 5.17. The van der Waals surface area contributed by atoms with Crippen molar-refractivity contribution in [1.82, 2.24) is 18.7 Å². The lowest BCUT2D eigenvalue weighted by atomic mass is 9.81. The second kappa shape index (κ2) is 45.8. The van der Waals surface area contributed by atoms with Crippen LogP contribution in [-0.4, -0.2) is 18.7 Å². The lowest BCUT2D eigenvalue weighted by Crippen LogP contribution is -2.16. The molecule has 13 aromatic rings. The Hall–Kier alpha value is -6.24. The van der Waals surface area contributed by atoms with Crippen molar-refractivity contribution in [2.24, 2.45) is 21.7 Å². The Morgan fingerprint density at radius 2 is 0.562 bits per heavy atom. The first-order valence-electron chi connectivity index (χ1n) is 49.8. The van der Waals surface area contributed by atoms with Gasteiger partial charge in [0.25, 0.3) is 0 Å². The van der Waals surface area contributed by atoms with Crippen LogP contribution in [0.3, 0.4) is 0 Å². The molecule has 0 amide bonds. The van der Waals surface area contributed by atoms with Crippen molar-refractivity contribution in [3.63, 3.8) is 0 Å². The monoisotopic (exact) mass is 2000 g/mol. The van der Waals surface area contributed by atoms with Crippen molar-refractivity contribution in [3.05, 3.63) is 235 Å². The molecule has 5 aromatic carbocycles. The Morgan fingerprint density at radius 1 is 0.263 bits per heavy atom. The van der Waals surface area contributed by atoms with Crippen LogP contribution in [0.4, 0.5) is 0 Å². The average molecular weight is 2000 g/mol. The molecule has 8 aromatic heterocycles. The van der Waals surface area contributed by atoms with Gasteiger partial charge in [0.15, 0.2) is 9.66 Å². The third kappa shape index (κ3) is 40.5. The van der Waals surface area contributed by atoms with E-state index in [2.05, 4.69) is 545 Å². The molecule has 0 fully saturated rings. The van der Waals surface area contributed by atoms with Crippen LogP contribution in [0.25, 0.3) is 56.3 Å². The van der Waals surface area contributed by atoms with Gasteiger partial charge in [-0.2, -0.15) is 8.75 Å². The number of allylic oxidation sites excluding steroid dienone is 3. The van der Waals surface area contributed by atoms with Crippen LogP contribution in [0.1, 0.15) is 457 Å². The molecule has 0 spiro atoms. The molecule has 4 nitrogen and oxygen atoms in total. The third-order valence-corrected chi connectivity index (χ3v) is 33.5. The van der Waals surface area contributed by atoms with Gasteiger partial charge in [-0.25, -0.2) is 9.97 Å². The summed E-state index contributed by atoms with van der Waals surface area (Å²) >= 11 is 14.5. The Morgan fingerprint density at radius 3 is 0.847 bits per heavy atom. The van der Waals surface area contributed by atoms with Crippen molar-refractivity contribution in [2.45, 2.75) is 443 Å². The van der Waals surface area contributed by atoms with E-state index in [-0.39, 0.29) is 70.4 Å². The molecule has 137 heavy (non-hydrogen) atoms. The second-order valence-corrected chi connectivity index (χ2v) is 63.5. The molecular formula is C125H186N4S8. The second-order valence-electron chi connectivity index (χ2n) is 55.5. The van der Waals surface area contributed by atoms with E-state index in [9.17, 15) is 0 Å². The molecule has 8 heterocycles. The van der Waals surface area contributed by atoms with Gasteiger partial charge < -0.3 is 0 Å². The zero-order valence-corrected chi connectivity index (χ0v) is 103. The molecule has 0 aliphatic rings. The molecule has 13 rings (SSSR count). The van der Waals surface area contributed by atoms with E-state index in [0.29, 0.717) is 27.6 Å². The lowest BCUT2D eigenvalue weighted by Gasteiger charge is -2.23. The first-order valence-corrected chi connectivity index (χ1v) is 56.3. The van der Waals surface area contributed by atoms with E-state index in [0.717, 1.165) is 26.3 Å². The SMILES string of the molecule is CC(C)(C)/C=C/C(C)(C)C.CC(C)(C)/C=C/c1ccc(C(C)(C)C)cc1.CC(C)(C)C#Cc1ccc(C(C)(C)C)cc1.CC(C)(C)c1cc2sc(C(C)(C)C)cc2s1.CC(C)(C)c1ccc(C(C)(C)C)c2nsnc12.CC(C)(C)c1ccc(C(C)(C)C)cc1.CC(C)(C)c1ccc(C(C)(C)C)s1.CC(C)(C)c1nc2sc(C(C)(C)C)nc2s1.CC(C)c1cc2cc3sc(C(C)(C)C)cc3cc2s1. The number of nitrogens with zero attached hydrogens (tertiary/aromatic N) is 4. The Balaban J connectivity index is 0.000000273. The zero-order valence-electron chi connectivity index (χ0n) is 96.1. The number of thiophene rings is 5. The van der Waals surface area contributed by atoms with E-state index < -0.39 is 0 Å². The fourth-order valence-corrected chi connectivity index (χ4v) is 21.7. The molecule has 0 N–H and O–H groups in total. The molecule has 0 aliphatic heterocycles. The molecule has 12 heteroatoms. The van der Waals surface area contributed by atoms with Crippen LogP contribution in [0.2, 0.25) is 0 Å². The normalized spacial score (nSPS) is 13.2. The number of aromatic nitrogens is 4. The maximum atomic E-state index is 4.69. The number of rotatable bonds is 2. The molecule has 0 aliphatic carbocycles. The summed E-state index contributed by atoms with van der Waals surface area (Å²) in [4.78, 5) is 20.5. The van der Waals surface area contributed by atoms with Crippen molar-refractivity contribution in [3.8, 4) is 11.8 Å². The van der Waals surface area contributed by atoms with E-state index in [4.69, 9.17) is 9.97 Å². The average Bonchev–Trinajstić information content (AvgIpc) is 1.71. The Bertz CT molecular complexity index is 5650. The van der Waals surface area contributed by atoms with Gasteiger partial charge in [-0.05, 0) is 213 Å². The number of hydrogen-bond acceptors (Lipinski definition) is 12. The van der Waals surface area contributed by atoms with Gasteiger partial charge in [0.1, 0.15) is 21.0 Å². The minimum Gasteiger partial charge on any atom is -0.228 e. The predicted octanol–water partition coefficient (Wildman–Crippen LogP) is 42.4. The minimum absolute atomic E-state index is 0.0721. The summed E-state index contributed by atoms with van der Waals surface area (Å²) in [7, 11) is 0. The highest BCUT2D eigenvalue weighted by Gasteiger charge is 2.30. The number of fused-ring (bicyclic) bond motifs is 5. The molecule has 754 valence electrons. The highest BCUT2D eigenvalue weighted by molar-refractivity contribution is 7.28. The van der Waals surface area contributed by atoms with Crippen molar-refractivity contribution >= 4 is 147 Å². The zero-order chi connectivity index (χ0) is 105. The van der Waals surface area contributed by atoms with Gasteiger partial charge >= 0.3 is 0 Å². The van der Waals surface area contributed by atoms with E-state index in [1.807, 2.05) is 56.7 Å². The summed E-state index contributed by atoms with van der Waals surface area (Å²) < 4.78 is 14.7. The fourth-order valence-electron chi connectivity index (χ4n) is 13.1. The smallest absolute Gasteiger partial charge is 0.155 e. The van der Waals surface area contributed by atoms with Crippen LogP contribution in [-0.2, 0) is 70.4 Å². The summed E-state index contributed by atoms with van der Waals surface area (Å²) in [6.07, 6.45) is 8.99. The van der Waals surface area contributed by atoms with Gasteiger partial charge in [-0.1, -0.05) is 478 Å². The molecular weight excluding hydrogens is 1810 g/mol. The third-order valence-electron chi connectivity index (χ3n) is 22.1. The van der Waals surface area contributed by atoms with E-state index in [1.54, 1.807) is 22.7 Å². The predicted molar refractivity (Wildman–Crippen MR) is 633 cm³/mol. The maximum absolute atomic E-state index is 4.69. The van der Waals surface area contributed by atoms with Crippen molar-refractivity contribution in [2.75, 3.05) is 0 Å². The summed E-state index contributed by atoms with van der Waals surface area (Å²) in [5.41, 5.74) is 16.5. The number of benzene rings is 5. The molecule has 0 saturated heterocycles. The Labute approximate surface area is 870 Å². The Kier molecular flexibility index (Phi) is 40.5. The van der Waals surface area contributed by atoms with Crippen molar-refractivity contribution < 1.29 is 0 Å². The van der Waals surface area contributed by atoms with Crippen LogP contribution < -0.4 is 0 Å². The van der Waals surface area contributed by atoms with Gasteiger partial charge in [0.05, 0.1) is 11.7 Å². The van der Waals surface area contributed by atoms with Crippen LogP contribution in [0.15, 0.2) is 152 Å². The van der Waals surface area contributed by atoms with Gasteiger partial charge in [-0.3, -0.25) is 0 Å². The van der Waals surface area contributed by atoms with Crippen LogP contribution in [0, 0.1) is 33.5 Å². The molecule has 0 radical (unpaired) electrons. The molecule has 0 atom stereocenters. The van der Waals surface area contributed by atoms with E-state index >= 15 is 0 Å². The highest BCUT2D eigenvalue weighted by atomic mass is 32.1. The standard InChI is InChI=1S/C17H20S2.C16H24.C16H22.C14H20N2S.C14H20S2.C14H22.C12H18N2S2.C12H20S.C10H20/c1-10(2)13-6-11-7-15-12(8-14(11)18-13)9-16(19-15)17(3,4)5;2*1-15(2,3)12-11-13-7-9-14(10-8-13)16(4,5)6;1-13(2,3)9-7-8-10(14(4,5)6)12-11(9)15-17-16-12;1-13(2,3)11-7-9-10(15-11)8-12(16-9)14(4,5)6;1-13(2,3)11-7-9-12(10-8-11)14(4,5)6;1-11(2,3)9-13-7-8(15-9)14-10(16-7)12(4,5)6;1-11(2,3)9-7-8-10(13-9)12(4,5)6;1-9(2,3)7-8-10(4,5)6/h6-10H,1-5H3;7-12H,1-6H3;7-10H,1-6H3;7-8H,1-6H3;7-8H,1-6H3;7-10H,1-6H3;1-6H3;7-8H,1-6H3;7-8H,1-6H3/b;12-11+;;;;;;;8-7+. The summed E-state index contributed by atoms with van der Waals surface area (Å²) in [5.74, 6) is 7.09. The number of hydrogen-bond donors (Lipinski definition) is 0. The van der Waals surface area contributed by atoms with Crippen LogP contribution in [0.5, 0.6) is 0 Å². The molecule has 0 saturated carbocycles. The fraction of sp³-hybridized carbons (Fsp3) is 0.568. The molecule has 0 bridgehead atoms.